The highest BCUT2D eigenvalue weighted by Crippen LogP contribution is 2.27. The van der Waals surface area contributed by atoms with Gasteiger partial charge in [0.2, 0.25) is 5.91 Å². The summed E-state index contributed by atoms with van der Waals surface area (Å²) in [7, 11) is 0. The molecule has 0 spiro atoms. The van der Waals surface area contributed by atoms with Gasteiger partial charge in [-0.15, -0.1) is 0 Å². The number of aromatic nitrogens is 2. The summed E-state index contributed by atoms with van der Waals surface area (Å²) < 4.78 is 0. The van der Waals surface area contributed by atoms with Crippen LogP contribution in [0.5, 0.6) is 5.75 Å². The maximum atomic E-state index is 12.3. The molecule has 1 aliphatic rings. The van der Waals surface area contributed by atoms with Crippen molar-refractivity contribution in [2.45, 2.75) is 0 Å². The van der Waals surface area contributed by atoms with Crippen molar-refractivity contribution in [1.29, 1.82) is 0 Å². The predicted octanol–water partition coefficient (Wildman–Crippen LogP) is 1.32. The Morgan fingerprint density at radius 1 is 1.04 bits per heavy atom. The van der Waals surface area contributed by atoms with E-state index in [9.17, 15) is 14.7 Å². The van der Waals surface area contributed by atoms with Crippen LogP contribution in [-0.2, 0) is 4.79 Å². The molecule has 0 radical (unpaired) electrons. The molecule has 8 nitrogen and oxygen atoms in total. The molecule has 4 rings (SSSR count). The smallest absolute Gasteiger partial charge is 0.323 e. The van der Waals surface area contributed by atoms with Crippen molar-refractivity contribution in [3.8, 4) is 5.75 Å². The molecule has 2 heterocycles. The number of nitrogens with zero attached hydrogens (tertiary/aromatic N) is 2. The van der Waals surface area contributed by atoms with E-state index in [1.807, 2.05) is 12.1 Å². The first-order chi connectivity index (χ1) is 13.1. The van der Waals surface area contributed by atoms with Crippen LogP contribution in [0.3, 0.4) is 0 Å². The highest BCUT2D eigenvalue weighted by atomic mass is 16.3. The van der Waals surface area contributed by atoms with Crippen molar-refractivity contribution in [2.24, 2.45) is 0 Å². The van der Waals surface area contributed by atoms with Gasteiger partial charge in [0.05, 0.1) is 23.3 Å². The maximum absolute atomic E-state index is 12.3. The SMILES string of the molecule is O=C(CN1CCN(c2ccccc2O)CC1)Nc1ccc2[nH]c(=O)[nH]c2c1. The van der Waals surface area contributed by atoms with Gasteiger partial charge in [0.1, 0.15) is 5.75 Å². The lowest BCUT2D eigenvalue weighted by Crippen LogP contribution is -2.48. The number of para-hydroxylation sites is 2. The van der Waals surface area contributed by atoms with Crippen molar-refractivity contribution >= 4 is 28.3 Å². The number of nitrogens with one attached hydrogen (secondary N) is 3. The molecule has 1 aromatic heterocycles. The molecule has 8 heteroatoms. The van der Waals surface area contributed by atoms with Gasteiger partial charge >= 0.3 is 5.69 Å². The summed E-state index contributed by atoms with van der Waals surface area (Å²) in [5.41, 5.74) is 2.58. The van der Waals surface area contributed by atoms with Crippen molar-refractivity contribution in [3.63, 3.8) is 0 Å². The van der Waals surface area contributed by atoms with E-state index in [2.05, 4.69) is 25.1 Å². The van der Waals surface area contributed by atoms with Crippen LogP contribution >= 0.6 is 0 Å². The van der Waals surface area contributed by atoms with E-state index in [1.54, 1.807) is 30.3 Å². The minimum atomic E-state index is -0.268. The van der Waals surface area contributed by atoms with E-state index in [0.717, 1.165) is 31.9 Å². The number of amides is 1. The molecule has 140 valence electrons. The fourth-order valence-electron chi connectivity index (χ4n) is 3.39. The topological polar surface area (TPSA) is 104 Å². The minimum Gasteiger partial charge on any atom is -0.506 e. The van der Waals surface area contributed by atoms with Gasteiger partial charge in [0.15, 0.2) is 0 Å². The number of carbonyl (C=O) groups is 1. The molecule has 1 saturated heterocycles. The normalized spacial score (nSPS) is 15.2. The summed E-state index contributed by atoms with van der Waals surface area (Å²) in [6, 6.07) is 12.6. The molecular formula is C19H21N5O3. The Bertz CT molecular complexity index is 1020. The summed E-state index contributed by atoms with van der Waals surface area (Å²) in [6.45, 7) is 3.29. The van der Waals surface area contributed by atoms with Crippen molar-refractivity contribution < 1.29 is 9.90 Å². The standard InChI is InChI=1S/C19H21N5O3/c25-17-4-2-1-3-16(17)24-9-7-23(8-10-24)12-18(26)20-13-5-6-14-15(11-13)22-19(27)21-14/h1-6,11,25H,7-10,12H2,(H,20,26)(H2,21,22,27). The number of fused-ring (bicyclic) bond motifs is 1. The number of aromatic amines is 2. The van der Waals surface area contributed by atoms with Crippen molar-refractivity contribution in [1.82, 2.24) is 14.9 Å². The highest BCUT2D eigenvalue weighted by molar-refractivity contribution is 5.94. The number of hydrogen-bond acceptors (Lipinski definition) is 5. The second-order valence-corrected chi connectivity index (χ2v) is 6.64. The van der Waals surface area contributed by atoms with E-state index >= 15 is 0 Å². The van der Waals surface area contributed by atoms with Gasteiger partial charge in [-0.25, -0.2) is 4.79 Å². The van der Waals surface area contributed by atoms with E-state index in [1.165, 1.54) is 0 Å². The third kappa shape index (κ3) is 3.80. The summed E-state index contributed by atoms with van der Waals surface area (Å²) in [5, 5.41) is 12.8. The lowest BCUT2D eigenvalue weighted by atomic mass is 10.2. The number of aromatic hydroxyl groups is 1. The molecule has 0 aliphatic carbocycles. The Balaban J connectivity index is 1.32. The quantitative estimate of drug-likeness (QED) is 0.557. The Kier molecular flexibility index (Phi) is 4.55. The number of hydrogen-bond donors (Lipinski definition) is 4. The Morgan fingerprint density at radius 2 is 1.78 bits per heavy atom. The molecule has 1 amide bonds. The number of benzene rings is 2. The molecule has 0 atom stereocenters. The monoisotopic (exact) mass is 367 g/mol. The average molecular weight is 367 g/mol. The number of rotatable bonds is 4. The highest BCUT2D eigenvalue weighted by Gasteiger charge is 2.20. The zero-order valence-corrected chi connectivity index (χ0v) is 14.7. The van der Waals surface area contributed by atoms with E-state index in [4.69, 9.17) is 0 Å². The van der Waals surface area contributed by atoms with Gasteiger partial charge in [-0.1, -0.05) is 12.1 Å². The number of imidazole rings is 1. The fraction of sp³-hybridized carbons (Fsp3) is 0.263. The molecule has 0 bridgehead atoms. The van der Waals surface area contributed by atoms with Crippen molar-refractivity contribution in [3.05, 3.63) is 52.9 Å². The number of phenolic OH excluding ortho intramolecular Hbond substituents is 1. The maximum Gasteiger partial charge on any atom is 0.323 e. The second kappa shape index (κ2) is 7.16. The lowest BCUT2D eigenvalue weighted by molar-refractivity contribution is -0.117. The van der Waals surface area contributed by atoms with Crippen LogP contribution in [0.15, 0.2) is 47.3 Å². The molecule has 0 unspecified atom stereocenters. The summed E-state index contributed by atoms with van der Waals surface area (Å²) in [6.07, 6.45) is 0. The third-order valence-corrected chi connectivity index (χ3v) is 4.76. The summed E-state index contributed by atoms with van der Waals surface area (Å²) in [4.78, 5) is 33.2. The van der Waals surface area contributed by atoms with Crippen LogP contribution in [0.25, 0.3) is 11.0 Å². The summed E-state index contributed by atoms with van der Waals surface area (Å²) >= 11 is 0. The first-order valence-electron chi connectivity index (χ1n) is 8.86. The fourth-order valence-corrected chi connectivity index (χ4v) is 3.39. The number of phenols is 1. The van der Waals surface area contributed by atoms with Crippen LogP contribution in [0.4, 0.5) is 11.4 Å². The Hall–Kier alpha value is -3.26. The van der Waals surface area contributed by atoms with E-state index in [-0.39, 0.29) is 17.3 Å². The lowest BCUT2D eigenvalue weighted by Gasteiger charge is -2.35. The van der Waals surface area contributed by atoms with Gasteiger partial charge in [0, 0.05) is 31.9 Å². The zero-order valence-electron chi connectivity index (χ0n) is 14.7. The first kappa shape index (κ1) is 17.2. The number of piperazine rings is 1. The largest absolute Gasteiger partial charge is 0.506 e. The Labute approximate surface area is 155 Å². The van der Waals surface area contributed by atoms with Crippen LogP contribution in [0, 0.1) is 0 Å². The van der Waals surface area contributed by atoms with Crippen LogP contribution in [-0.4, -0.2) is 58.6 Å². The van der Waals surface area contributed by atoms with E-state index < -0.39 is 0 Å². The zero-order chi connectivity index (χ0) is 18.8. The first-order valence-corrected chi connectivity index (χ1v) is 8.86. The molecule has 2 aromatic carbocycles. The predicted molar refractivity (Wildman–Crippen MR) is 104 cm³/mol. The summed E-state index contributed by atoms with van der Waals surface area (Å²) in [5.74, 6) is 0.185. The van der Waals surface area contributed by atoms with Crippen LogP contribution in [0.1, 0.15) is 0 Å². The minimum absolute atomic E-state index is 0.0942. The molecule has 1 aliphatic heterocycles. The van der Waals surface area contributed by atoms with Crippen LogP contribution in [0.2, 0.25) is 0 Å². The van der Waals surface area contributed by atoms with Gasteiger partial charge in [-0.2, -0.15) is 0 Å². The van der Waals surface area contributed by atoms with Gasteiger partial charge in [0.25, 0.3) is 0 Å². The third-order valence-electron chi connectivity index (χ3n) is 4.76. The number of carbonyl (C=O) groups excluding carboxylic acids is 1. The molecule has 3 aromatic rings. The molecule has 4 N–H and O–H groups in total. The number of H-pyrrole nitrogens is 2. The van der Waals surface area contributed by atoms with E-state index in [0.29, 0.717) is 23.3 Å². The van der Waals surface area contributed by atoms with Crippen LogP contribution < -0.4 is 15.9 Å². The Morgan fingerprint density at radius 3 is 2.56 bits per heavy atom. The molecule has 27 heavy (non-hydrogen) atoms. The van der Waals surface area contributed by atoms with Gasteiger partial charge < -0.3 is 25.3 Å². The second-order valence-electron chi connectivity index (χ2n) is 6.64. The number of anilines is 2. The molecular weight excluding hydrogens is 346 g/mol. The molecule has 1 fully saturated rings. The van der Waals surface area contributed by atoms with Gasteiger partial charge in [-0.05, 0) is 30.3 Å². The average Bonchev–Trinajstić information content (AvgIpc) is 3.02. The molecule has 0 saturated carbocycles. The van der Waals surface area contributed by atoms with Crippen molar-refractivity contribution in [2.75, 3.05) is 42.9 Å². The van der Waals surface area contributed by atoms with Gasteiger partial charge in [-0.3, -0.25) is 9.69 Å².